The Kier molecular flexibility index (Phi) is 4.00. The van der Waals surface area contributed by atoms with Crippen LogP contribution in [0.1, 0.15) is 17.4 Å². The van der Waals surface area contributed by atoms with E-state index in [4.69, 9.17) is 4.74 Å². The molecule has 0 aliphatic heterocycles. The highest BCUT2D eigenvalue weighted by molar-refractivity contribution is 5.86. The lowest BCUT2D eigenvalue weighted by Crippen LogP contribution is -2.17. The van der Waals surface area contributed by atoms with Crippen LogP contribution >= 0.6 is 0 Å². The van der Waals surface area contributed by atoms with E-state index < -0.39 is 0 Å². The summed E-state index contributed by atoms with van der Waals surface area (Å²) in [5.41, 5.74) is 1.83. The molecule has 8 nitrogen and oxygen atoms in total. The van der Waals surface area contributed by atoms with Gasteiger partial charge in [-0.15, -0.1) is 0 Å². The Balaban J connectivity index is 1.78. The van der Waals surface area contributed by atoms with Gasteiger partial charge in [0.1, 0.15) is 29.8 Å². The number of rotatable bonds is 5. The number of nitrogens with one attached hydrogen (secondary N) is 1. The molecule has 0 spiro atoms. The van der Waals surface area contributed by atoms with Gasteiger partial charge in [0.05, 0.1) is 18.7 Å². The predicted octanol–water partition coefficient (Wildman–Crippen LogP) is 2.31. The molecule has 0 radical (unpaired) electrons. The molecule has 0 saturated carbocycles. The standard InChI is InChI=1S/C18H19N7O/c1-24-9-8-19-18(24)15(12-4-6-13(26-3)7-5-12)23-16-14-10-22-25(2)17(14)21-11-20-16/h4-11,15H,1-3H3,(H,20,21,23). The number of hydrogen-bond donors (Lipinski definition) is 1. The molecule has 1 aromatic carbocycles. The lowest BCUT2D eigenvalue weighted by molar-refractivity contribution is 0.414. The summed E-state index contributed by atoms with van der Waals surface area (Å²) in [6.07, 6.45) is 7.01. The Hall–Kier alpha value is -3.42. The number of benzene rings is 1. The van der Waals surface area contributed by atoms with E-state index in [0.29, 0.717) is 5.82 Å². The number of methoxy groups -OCH3 is 1. The van der Waals surface area contributed by atoms with Crippen LogP contribution in [0.5, 0.6) is 5.75 Å². The third kappa shape index (κ3) is 2.75. The molecule has 0 aliphatic rings. The zero-order valence-electron chi connectivity index (χ0n) is 14.8. The first kappa shape index (κ1) is 16.1. The number of aromatic nitrogens is 6. The molecule has 26 heavy (non-hydrogen) atoms. The number of aryl methyl sites for hydroxylation is 2. The van der Waals surface area contributed by atoms with E-state index in [9.17, 15) is 0 Å². The van der Waals surface area contributed by atoms with Crippen molar-refractivity contribution in [1.82, 2.24) is 29.3 Å². The fourth-order valence-corrected chi connectivity index (χ4v) is 2.96. The molecule has 0 aliphatic carbocycles. The molecule has 8 heteroatoms. The number of fused-ring (bicyclic) bond motifs is 1. The van der Waals surface area contributed by atoms with Crippen LogP contribution in [0.4, 0.5) is 5.82 Å². The van der Waals surface area contributed by atoms with E-state index in [-0.39, 0.29) is 6.04 Å². The number of ether oxygens (including phenoxy) is 1. The van der Waals surface area contributed by atoms with Crippen molar-refractivity contribution in [2.24, 2.45) is 14.1 Å². The van der Waals surface area contributed by atoms with Gasteiger partial charge < -0.3 is 14.6 Å². The number of anilines is 1. The van der Waals surface area contributed by atoms with Gasteiger partial charge in [0, 0.05) is 26.5 Å². The normalized spacial score (nSPS) is 12.3. The average molecular weight is 349 g/mol. The maximum Gasteiger partial charge on any atom is 0.163 e. The first-order valence-corrected chi connectivity index (χ1v) is 8.18. The van der Waals surface area contributed by atoms with Crippen LogP contribution < -0.4 is 10.1 Å². The highest BCUT2D eigenvalue weighted by Crippen LogP contribution is 2.28. The fourth-order valence-electron chi connectivity index (χ4n) is 2.96. The monoisotopic (exact) mass is 349 g/mol. The number of nitrogens with zero attached hydrogens (tertiary/aromatic N) is 6. The molecular formula is C18H19N7O. The largest absolute Gasteiger partial charge is 0.497 e. The molecule has 4 rings (SSSR count). The average Bonchev–Trinajstić information content (AvgIpc) is 3.26. The Morgan fingerprint density at radius 2 is 1.88 bits per heavy atom. The van der Waals surface area contributed by atoms with Crippen molar-refractivity contribution in [1.29, 1.82) is 0 Å². The van der Waals surface area contributed by atoms with Gasteiger partial charge in [-0.3, -0.25) is 4.68 Å². The summed E-state index contributed by atoms with van der Waals surface area (Å²) >= 11 is 0. The van der Waals surface area contributed by atoms with Crippen molar-refractivity contribution in [3.05, 3.63) is 60.6 Å². The maximum atomic E-state index is 5.27. The smallest absolute Gasteiger partial charge is 0.163 e. The zero-order chi connectivity index (χ0) is 18.1. The molecule has 132 valence electrons. The Morgan fingerprint density at radius 3 is 2.58 bits per heavy atom. The molecule has 1 atom stereocenters. The maximum absolute atomic E-state index is 5.27. The van der Waals surface area contributed by atoms with Crippen LogP contribution in [0.25, 0.3) is 11.0 Å². The number of imidazole rings is 1. The third-order valence-electron chi connectivity index (χ3n) is 4.38. The summed E-state index contributed by atoms with van der Waals surface area (Å²) in [6.45, 7) is 0. The second-order valence-electron chi connectivity index (χ2n) is 5.97. The Morgan fingerprint density at radius 1 is 1.08 bits per heavy atom. The van der Waals surface area contributed by atoms with Crippen LogP contribution in [0.3, 0.4) is 0 Å². The van der Waals surface area contributed by atoms with Crippen molar-refractivity contribution in [3.8, 4) is 5.75 Å². The van der Waals surface area contributed by atoms with Gasteiger partial charge in [0.2, 0.25) is 0 Å². The van der Waals surface area contributed by atoms with Crippen LogP contribution in [-0.2, 0) is 14.1 Å². The van der Waals surface area contributed by atoms with E-state index in [1.807, 2.05) is 49.1 Å². The lowest BCUT2D eigenvalue weighted by atomic mass is 10.1. The summed E-state index contributed by atoms with van der Waals surface area (Å²) in [7, 11) is 5.49. The van der Waals surface area contributed by atoms with Gasteiger partial charge in [-0.05, 0) is 17.7 Å². The summed E-state index contributed by atoms with van der Waals surface area (Å²) in [5, 5.41) is 8.64. The summed E-state index contributed by atoms with van der Waals surface area (Å²) in [5.74, 6) is 2.40. The molecule has 3 aromatic heterocycles. The zero-order valence-corrected chi connectivity index (χ0v) is 14.8. The van der Waals surface area contributed by atoms with Gasteiger partial charge >= 0.3 is 0 Å². The van der Waals surface area contributed by atoms with E-state index >= 15 is 0 Å². The molecule has 4 aromatic rings. The van der Waals surface area contributed by atoms with Gasteiger partial charge in [-0.25, -0.2) is 15.0 Å². The number of hydrogen-bond acceptors (Lipinski definition) is 6. The molecule has 0 amide bonds. The second kappa shape index (κ2) is 6.47. The molecule has 0 saturated heterocycles. The van der Waals surface area contributed by atoms with Crippen LogP contribution in [0, 0.1) is 0 Å². The van der Waals surface area contributed by atoms with Gasteiger partial charge in [-0.2, -0.15) is 5.10 Å². The van der Waals surface area contributed by atoms with Gasteiger partial charge in [0.25, 0.3) is 0 Å². The first-order valence-electron chi connectivity index (χ1n) is 8.18. The first-order chi connectivity index (χ1) is 12.7. The summed E-state index contributed by atoms with van der Waals surface area (Å²) in [4.78, 5) is 13.2. The molecule has 1 unspecified atom stereocenters. The lowest BCUT2D eigenvalue weighted by Gasteiger charge is -2.20. The van der Waals surface area contributed by atoms with E-state index in [1.165, 1.54) is 6.33 Å². The molecule has 0 fully saturated rings. The van der Waals surface area contributed by atoms with Crippen LogP contribution in [0.15, 0.2) is 49.2 Å². The molecule has 0 bridgehead atoms. The minimum absolute atomic E-state index is 0.181. The fraction of sp³-hybridized carbons (Fsp3) is 0.222. The van der Waals surface area contributed by atoms with E-state index in [1.54, 1.807) is 24.2 Å². The van der Waals surface area contributed by atoms with Crippen molar-refractivity contribution in [3.63, 3.8) is 0 Å². The second-order valence-corrected chi connectivity index (χ2v) is 5.97. The topological polar surface area (TPSA) is 82.7 Å². The van der Waals surface area contributed by atoms with Gasteiger partial charge in [-0.1, -0.05) is 12.1 Å². The van der Waals surface area contributed by atoms with Crippen LogP contribution in [0.2, 0.25) is 0 Å². The third-order valence-corrected chi connectivity index (χ3v) is 4.38. The quantitative estimate of drug-likeness (QED) is 0.595. The van der Waals surface area contributed by atoms with Crippen LogP contribution in [-0.4, -0.2) is 36.4 Å². The minimum Gasteiger partial charge on any atom is -0.497 e. The van der Waals surface area contributed by atoms with Crippen molar-refractivity contribution < 1.29 is 4.74 Å². The Labute approximate surface area is 150 Å². The minimum atomic E-state index is -0.181. The van der Waals surface area contributed by atoms with E-state index in [2.05, 4.69) is 25.4 Å². The molecular weight excluding hydrogens is 330 g/mol. The van der Waals surface area contributed by atoms with Crippen molar-refractivity contribution in [2.45, 2.75) is 6.04 Å². The van der Waals surface area contributed by atoms with Crippen molar-refractivity contribution in [2.75, 3.05) is 12.4 Å². The molecule has 1 N–H and O–H groups in total. The summed E-state index contributed by atoms with van der Waals surface area (Å²) in [6, 6.07) is 7.73. The highest BCUT2D eigenvalue weighted by Gasteiger charge is 2.20. The predicted molar refractivity (Wildman–Crippen MR) is 98.0 cm³/mol. The SMILES string of the molecule is COc1ccc(C(Nc2ncnc3c2cnn3C)c2nccn2C)cc1. The van der Waals surface area contributed by atoms with Crippen molar-refractivity contribution >= 4 is 16.9 Å². The summed E-state index contributed by atoms with van der Waals surface area (Å²) < 4.78 is 8.99. The van der Waals surface area contributed by atoms with Gasteiger partial charge in [0.15, 0.2) is 5.65 Å². The highest BCUT2D eigenvalue weighted by atomic mass is 16.5. The van der Waals surface area contributed by atoms with E-state index in [0.717, 1.165) is 28.2 Å². The molecule has 3 heterocycles. The Bertz CT molecular complexity index is 1040.